The largest absolute Gasteiger partial charge is 0.435 e. The lowest BCUT2D eigenvalue weighted by atomic mass is 10.1. The van der Waals surface area contributed by atoms with Crippen molar-refractivity contribution in [2.75, 3.05) is 0 Å². The van der Waals surface area contributed by atoms with E-state index in [0.29, 0.717) is 32.3 Å². The monoisotopic (exact) mass is 374 g/mol. The number of nitrogens with two attached hydrogens (primary N) is 1. The van der Waals surface area contributed by atoms with E-state index in [0.717, 1.165) is 18.4 Å². The summed E-state index contributed by atoms with van der Waals surface area (Å²) < 4.78 is 19.5. The Bertz CT molecular complexity index is 1070. The van der Waals surface area contributed by atoms with Crippen molar-refractivity contribution in [2.24, 2.45) is 5.73 Å². The average Bonchev–Trinajstić information content (AvgIpc) is 2.94. The zero-order chi connectivity index (χ0) is 17.8. The van der Waals surface area contributed by atoms with Gasteiger partial charge in [-0.25, -0.2) is 0 Å². The smallest absolute Gasteiger partial charge is 0.313 e. The predicted octanol–water partition coefficient (Wildman–Crippen LogP) is 3.49. The Morgan fingerprint density at radius 2 is 2.12 bits per heavy atom. The van der Waals surface area contributed by atoms with Crippen LogP contribution >= 0.6 is 19.0 Å². The van der Waals surface area contributed by atoms with Gasteiger partial charge in [-0.2, -0.15) is 0 Å². The first-order chi connectivity index (χ1) is 12.0. The Morgan fingerprint density at radius 3 is 2.84 bits per heavy atom. The van der Waals surface area contributed by atoms with Crippen molar-refractivity contribution in [3.05, 3.63) is 52.7 Å². The van der Waals surface area contributed by atoms with Gasteiger partial charge in [-0.15, -0.1) is 0 Å². The van der Waals surface area contributed by atoms with Gasteiger partial charge in [-0.1, -0.05) is 37.1 Å². The molecule has 3 N–H and O–H groups in total. The number of fused-ring (bicyclic) bond motifs is 2. The molecule has 128 valence electrons. The highest BCUT2D eigenvalue weighted by Crippen LogP contribution is 2.58. The van der Waals surface area contributed by atoms with Crippen molar-refractivity contribution in [3.8, 4) is 5.75 Å². The summed E-state index contributed by atoms with van der Waals surface area (Å²) in [5, 5.41) is 2.01. The van der Waals surface area contributed by atoms with Gasteiger partial charge in [0, 0.05) is 15.9 Å². The summed E-state index contributed by atoms with van der Waals surface area (Å²) in [7, 11) is -3.39. The van der Waals surface area contributed by atoms with Gasteiger partial charge in [0.15, 0.2) is 0 Å². The minimum absolute atomic E-state index is 0.104. The third kappa shape index (κ3) is 2.30. The van der Waals surface area contributed by atoms with Crippen LogP contribution in [-0.4, -0.2) is 10.9 Å². The summed E-state index contributed by atoms with van der Waals surface area (Å²) in [5.74, 6) is -0.0289. The molecule has 2 aromatic carbocycles. The number of carbonyl (C=O) groups excluding carboxylic acids is 1. The Kier molecular flexibility index (Phi) is 3.67. The number of aromatic amines is 1. The van der Waals surface area contributed by atoms with Crippen molar-refractivity contribution in [3.63, 3.8) is 0 Å². The number of hydrogen-bond acceptors (Lipinski definition) is 3. The summed E-state index contributed by atoms with van der Waals surface area (Å²) in [5.41, 5.74) is 7.28. The molecular weight excluding hydrogens is 359 g/mol. The van der Waals surface area contributed by atoms with E-state index < -0.39 is 13.3 Å². The summed E-state index contributed by atoms with van der Waals surface area (Å²) in [4.78, 5) is 14.9. The van der Waals surface area contributed by atoms with Crippen molar-refractivity contribution in [2.45, 2.75) is 19.8 Å². The quantitative estimate of drug-likeness (QED) is 0.685. The van der Waals surface area contributed by atoms with E-state index in [2.05, 4.69) is 11.9 Å². The van der Waals surface area contributed by atoms with E-state index in [9.17, 15) is 9.36 Å². The number of aryl methyl sites for hydroxylation is 1. The minimum atomic E-state index is -3.39. The van der Waals surface area contributed by atoms with Gasteiger partial charge in [0.2, 0.25) is 0 Å². The molecule has 0 saturated heterocycles. The summed E-state index contributed by atoms with van der Waals surface area (Å²) in [6.07, 6.45) is 1.80. The second kappa shape index (κ2) is 5.65. The lowest BCUT2D eigenvalue weighted by Crippen LogP contribution is -2.34. The van der Waals surface area contributed by atoms with Crippen LogP contribution in [-0.2, 0) is 11.0 Å². The fourth-order valence-corrected chi connectivity index (χ4v) is 5.96. The molecule has 0 radical (unpaired) electrons. The summed E-state index contributed by atoms with van der Waals surface area (Å²) >= 11 is 6.10. The van der Waals surface area contributed by atoms with Gasteiger partial charge >= 0.3 is 7.37 Å². The standard InChI is InChI=1S/C18H16ClN2O3P/c1-2-4-10-5-3-6-14-16(10)24-25(14,23)17-12-9-11(19)7-8-13(12)21-15(17)18(20)22/h3,5-9,21H,2,4H2,1H3,(H2,20,22). The van der Waals surface area contributed by atoms with Crippen LogP contribution in [0.4, 0.5) is 0 Å². The molecule has 0 saturated carbocycles. The molecule has 2 heterocycles. The van der Waals surface area contributed by atoms with Crippen LogP contribution in [0.3, 0.4) is 0 Å². The number of carbonyl (C=O) groups is 1. The molecule has 1 unspecified atom stereocenters. The first kappa shape index (κ1) is 16.2. The molecule has 7 heteroatoms. The van der Waals surface area contributed by atoms with E-state index in [1.807, 2.05) is 12.1 Å². The predicted molar refractivity (Wildman–Crippen MR) is 99.8 cm³/mol. The lowest BCUT2D eigenvalue weighted by molar-refractivity contribution is 0.0997. The van der Waals surface area contributed by atoms with Crippen molar-refractivity contribution in [1.82, 2.24) is 4.98 Å². The topological polar surface area (TPSA) is 85.2 Å². The van der Waals surface area contributed by atoms with Crippen molar-refractivity contribution < 1.29 is 13.9 Å². The number of amides is 1. The Hall–Kier alpha value is -2.23. The normalized spacial score (nSPS) is 18.5. The molecule has 0 spiro atoms. The number of primary amides is 1. The van der Waals surface area contributed by atoms with E-state index >= 15 is 0 Å². The van der Waals surface area contributed by atoms with Gasteiger partial charge in [-0.3, -0.25) is 9.36 Å². The maximum atomic E-state index is 13.7. The second-order valence-corrected chi connectivity index (χ2v) is 8.71. The van der Waals surface area contributed by atoms with Gasteiger partial charge in [0.1, 0.15) is 11.4 Å². The number of rotatable bonds is 4. The molecule has 1 amide bonds. The third-order valence-electron chi connectivity index (χ3n) is 4.41. The number of benzene rings is 2. The Labute approximate surface area is 149 Å². The SMILES string of the molecule is CCCc1cccc2c1OP2(=O)c1c(C(N)=O)[nH]c2ccc(Cl)cc12. The van der Waals surface area contributed by atoms with E-state index in [1.54, 1.807) is 24.3 Å². The number of H-pyrrole nitrogens is 1. The highest BCUT2D eigenvalue weighted by Gasteiger charge is 2.47. The number of aromatic nitrogens is 1. The van der Waals surface area contributed by atoms with E-state index in [4.69, 9.17) is 21.9 Å². The van der Waals surface area contributed by atoms with Crippen LogP contribution in [0, 0.1) is 0 Å². The zero-order valence-electron chi connectivity index (χ0n) is 13.5. The zero-order valence-corrected chi connectivity index (χ0v) is 15.2. The second-order valence-electron chi connectivity index (χ2n) is 6.06. The molecule has 1 aliphatic rings. The maximum Gasteiger partial charge on any atom is 0.313 e. The van der Waals surface area contributed by atoms with Gasteiger partial charge in [0.25, 0.3) is 5.91 Å². The van der Waals surface area contributed by atoms with Crippen LogP contribution in [0.25, 0.3) is 10.9 Å². The minimum Gasteiger partial charge on any atom is -0.435 e. The van der Waals surface area contributed by atoms with Crippen molar-refractivity contribution in [1.29, 1.82) is 0 Å². The van der Waals surface area contributed by atoms with Crippen LogP contribution in [0.15, 0.2) is 36.4 Å². The number of halogens is 1. The van der Waals surface area contributed by atoms with Crippen LogP contribution in [0.2, 0.25) is 5.02 Å². The molecule has 4 rings (SSSR count). The molecule has 1 atom stereocenters. The first-order valence-electron chi connectivity index (χ1n) is 7.99. The molecule has 0 fully saturated rings. The molecule has 5 nitrogen and oxygen atoms in total. The highest BCUT2D eigenvalue weighted by atomic mass is 35.5. The lowest BCUT2D eigenvalue weighted by Gasteiger charge is -2.33. The Balaban J connectivity index is 1.98. The fourth-order valence-electron chi connectivity index (χ4n) is 3.31. The molecule has 1 aliphatic heterocycles. The first-order valence-corrected chi connectivity index (χ1v) is 9.99. The molecule has 3 aromatic rings. The van der Waals surface area contributed by atoms with Gasteiger partial charge in [-0.05, 0) is 36.2 Å². The van der Waals surface area contributed by atoms with Gasteiger partial charge < -0.3 is 15.2 Å². The molecule has 1 aromatic heterocycles. The molecule has 25 heavy (non-hydrogen) atoms. The maximum absolute atomic E-state index is 13.7. The average molecular weight is 375 g/mol. The summed E-state index contributed by atoms with van der Waals surface area (Å²) in [6.45, 7) is 2.07. The number of nitrogens with one attached hydrogen (secondary N) is 1. The van der Waals surface area contributed by atoms with Crippen molar-refractivity contribution >= 4 is 46.4 Å². The molecule has 0 aliphatic carbocycles. The number of hydrogen-bond donors (Lipinski definition) is 2. The number of para-hydroxylation sites is 1. The van der Waals surface area contributed by atoms with Crippen LogP contribution in [0.1, 0.15) is 29.4 Å². The van der Waals surface area contributed by atoms with Crippen LogP contribution in [0.5, 0.6) is 5.75 Å². The van der Waals surface area contributed by atoms with E-state index in [1.165, 1.54) is 0 Å². The van der Waals surface area contributed by atoms with Crippen LogP contribution < -0.4 is 20.9 Å². The van der Waals surface area contributed by atoms with E-state index in [-0.39, 0.29) is 5.69 Å². The molecular formula is C18H16ClN2O3P. The molecule has 0 bridgehead atoms. The Morgan fingerprint density at radius 1 is 1.32 bits per heavy atom. The highest BCUT2D eigenvalue weighted by molar-refractivity contribution is 7.77. The van der Waals surface area contributed by atoms with Gasteiger partial charge in [0.05, 0.1) is 10.6 Å². The summed E-state index contributed by atoms with van der Waals surface area (Å²) in [6, 6.07) is 10.7. The third-order valence-corrected chi connectivity index (χ3v) is 7.12. The fraction of sp³-hybridized carbons (Fsp3) is 0.167.